The maximum absolute atomic E-state index is 11.1. The lowest BCUT2D eigenvalue weighted by atomic mass is 10.2. The SMILES string of the molecule is Cc1ccccc1S(=O)(=O)ON. The molecule has 0 heterocycles. The predicted molar refractivity (Wildman–Crippen MR) is 43.6 cm³/mol. The minimum Gasteiger partial charge on any atom is -0.197 e. The lowest BCUT2D eigenvalue weighted by molar-refractivity contribution is 0.332. The lowest BCUT2D eigenvalue weighted by Gasteiger charge is -2.02. The first kappa shape index (κ1) is 9.18. The second-order valence-electron chi connectivity index (χ2n) is 2.32. The van der Waals surface area contributed by atoms with Crippen molar-refractivity contribution in [1.82, 2.24) is 0 Å². The molecule has 0 atom stereocenters. The quantitative estimate of drug-likeness (QED) is 0.687. The van der Waals surface area contributed by atoms with E-state index in [1.54, 1.807) is 25.1 Å². The standard InChI is InChI=1S/C7H9NO3S/c1-6-4-2-3-5-7(6)12(9,10)11-8/h2-5H,8H2,1H3. The fourth-order valence-corrected chi connectivity index (χ4v) is 1.70. The highest BCUT2D eigenvalue weighted by atomic mass is 32.2. The molecular weight excluding hydrogens is 178 g/mol. The van der Waals surface area contributed by atoms with Crippen LogP contribution in [0.2, 0.25) is 0 Å². The van der Waals surface area contributed by atoms with E-state index in [-0.39, 0.29) is 4.90 Å². The molecule has 0 fully saturated rings. The van der Waals surface area contributed by atoms with E-state index < -0.39 is 10.1 Å². The molecule has 0 radical (unpaired) electrons. The van der Waals surface area contributed by atoms with Crippen LogP contribution in [-0.2, 0) is 14.4 Å². The van der Waals surface area contributed by atoms with Gasteiger partial charge in [-0.25, -0.2) is 0 Å². The average Bonchev–Trinajstić information content (AvgIpc) is 2.05. The van der Waals surface area contributed by atoms with Gasteiger partial charge in [0, 0.05) is 0 Å². The Hall–Kier alpha value is -0.910. The topological polar surface area (TPSA) is 69.4 Å². The summed E-state index contributed by atoms with van der Waals surface area (Å²) in [7, 11) is -3.75. The average molecular weight is 187 g/mol. The molecular formula is C7H9NO3S. The first-order valence-electron chi connectivity index (χ1n) is 3.27. The molecule has 2 N–H and O–H groups in total. The van der Waals surface area contributed by atoms with Crippen LogP contribution in [0.4, 0.5) is 0 Å². The molecule has 0 saturated carbocycles. The monoisotopic (exact) mass is 187 g/mol. The highest BCUT2D eigenvalue weighted by Crippen LogP contribution is 2.14. The van der Waals surface area contributed by atoms with E-state index in [4.69, 9.17) is 0 Å². The summed E-state index contributed by atoms with van der Waals surface area (Å²) in [4.78, 5) is 0.104. The van der Waals surface area contributed by atoms with Crippen molar-refractivity contribution >= 4 is 10.1 Å². The Morgan fingerprint density at radius 2 is 1.92 bits per heavy atom. The van der Waals surface area contributed by atoms with Crippen LogP contribution >= 0.6 is 0 Å². The number of rotatable bonds is 2. The molecule has 66 valence electrons. The number of hydrogen-bond acceptors (Lipinski definition) is 4. The Morgan fingerprint density at radius 3 is 2.42 bits per heavy atom. The Bertz CT molecular complexity index is 372. The number of nitrogens with two attached hydrogens (primary N) is 1. The van der Waals surface area contributed by atoms with Crippen molar-refractivity contribution in [2.75, 3.05) is 0 Å². The minimum atomic E-state index is -3.75. The highest BCUT2D eigenvalue weighted by Gasteiger charge is 2.15. The van der Waals surface area contributed by atoms with Gasteiger partial charge in [0.15, 0.2) is 0 Å². The van der Waals surface area contributed by atoms with Gasteiger partial charge in [0.25, 0.3) is 0 Å². The lowest BCUT2D eigenvalue weighted by Crippen LogP contribution is -2.12. The highest BCUT2D eigenvalue weighted by molar-refractivity contribution is 7.86. The summed E-state index contributed by atoms with van der Waals surface area (Å²) in [5.74, 6) is 4.62. The van der Waals surface area contributed by atoms with E-state index in [1.165, 1.54) is 6.07 Å². The molecule has 0 aliphatic heterocycles. The summed E-state index contributed by atoms with van der Waals surface area (Å²) in [6.07, 6.45) is 0. The molecule has 1 aromatic carbocycles. The van der Waals surface area contributed by atoms with E-state index in [0.29, 0.717) is 5.56 Å². The van der Waals surface area contributed by atoms with Crippen molar-refractivity contribution in [3.8, 4) is 0 Å². The summed E-state index contributed by atoms with van der Waals surface area (Å²) >= 11 is 0. The Morgan fingerprint density at radius 1 is 1.33 bits per heavy atom. The van der Waals surface area contributed by atoms with Gasteiger partial charge in [0.05, 0.1) is 4.90 Å². The fraction of sp³-hybridized carbons (Fsp3) is 0.143. The van der Waals surface area contributed by atoms with E-state index in [0.717, 1.165) is 0 Å². The molecule has 0 saturated heterocycles. The van der Waals surface area contributed by atoms with Crippen LogP contribution in [0, 0.1) is 6.92 Å². The molecule has 0 bridgehead atoms. The van der Waals surface area contributed by atoms with Crippen molar-refractivity contribution in [1.29, 1.82) is 0 Å². The van der Waals surface area contributed by atoms with Gasteiger partial charge < -0.3 is 0 Å². The maximum atomic E-state index is 11.1. The first-order chi connectivity index (χ1) is 5.58. The van der Waals surface area contributed by atoms with Crippen LogP contribution in [0.1, 0.15) is 5.56 Å². The fourth-order valence-electron chi connectivity index (χ4n) is 0.889. The van der Waals surface area contributed by atoms with Crippen molar-refractivity contribution in [3.63, 3.8) is 0 Å². The molecule has 1 aromatic rings. The molecule has 0 spiro atoms. The van der Waals surface area contributed by atoms with Crippen LogP contribution in [0.25, 0.3) is 0 Å². The van der Waals surface area contributed by atoms with Crippen LogP contribution in [0.3, 0.4) is 0 Å². The Labute approximate surface area is 71.0 Å². The van der Waals surface area contributed by atoms with Crippen LogP contribution in [-0.4, -0.2) is 8.42 Å². The maximum Gasteiger partial charge on any atom is 0.312 e. The van der Waals surface area contributed by atoms with Crippen molar-refractivity contribution < 1.29 is 12.7 Å². The zero-order valence-electron chi connectivity index (χ0n) is 6.52. The zero-order chi connectivity index (χ0) is 9.19. The van der Waals surface area contributed by atoms with Gasteiger partial charge in [-0.2, -0.15) is 18.6 Å². The van der Waals surface area contributed by atoms with Crippen LogP contribution in [0.15, 0.2) is 29.2 Å². The molecule has 0 aromatic heterocycles. The summed E-state index contributed by atoms with van der Waals surface area (Å²) in [6.45, 7) is 1.67. The van der Waals surface area contributed by atoms with Crippen molar-refractivity contribution in [3.05, 3.63) is 29.8 Å². The molecule has 0 aliphatic carbocycles. The summed E-state index contributed by atoms with van der Waals surface area (Å²) in [5.41, 5.74) is 0.614. The van der Waals surface area contributed by atoms with Crippen molar-refractivity contribution in [2.24, 2.45) is 5.90 Å². The van der Waals surface area contributed by atoms with E-state index in [1.807, 2.05) is 0 Å². The van der Waals surface area contributed by atoms with Gasteiger partial charge in [-0.3, -0.25) is 0 Å². The molecule has 1 rings (SSSR count). The van der Waals surface area contributed by atoms with Gasteiger partial charge in [-0.1, -0.05) is 18.2 Å². The van der Waals surface area contributed by atoms with Gasteiger partial charge >= 0.3 is 10.1 Å². The third-order valence-corrected chi connectivity index (χ3v) is 2.74. The van der Waals surface area contributed by atoms with Crippen LogP contribution < -0.4 is 5.90 Å². The minimum absolute atomic E-state index is 0.104. The second-order valence-corrected chi connectivity index (χ2v) is 3.86. The Balaban J connectivity index is 3.30. The molecule has 5 heteroatoms. The normalized spacial score (nSPS) is 11.5. The second kappa shape index (κ2) is 3.22. The van der Waals surface area contributed by atoms with E-state index in [9.17, 15) is 8.42 Å². The van der Waals surface area contributed by atoms with Gasteiger partial charge in [-0.15, -0.1) is 0 Å². The molecule has 0 amide bonds. The molecule has 0 aliphatic rings. The van der Waals surface area contributed by atoms with Gasteiger partial charge in [0.2, 0.25) is 0 Å². The van der Waals surface area contributed by atoms with Crippen molar-refractivity contribution in [2.45, 2.75) is 11.8 Å². The van der Waals surface area contributed by atoms with E-state index in [2.05, 4.69) is 10.2 Å². The molecule has 12 heavy (non-hydrogen) atoms. The largest absolute Gasteiger partial charge is 0.312 e. The molecule has 0 unspecified atom stereocenters. The number of aryl methyl sites for hydroxylation is 1. The summed E-state index contributed by atoms with van der Waals surface area (Å²) in [6, 6.07) is 6.47. The third kappa shape index (κ3) is 1.63. The van der Waals surface area contributed by atoms with Gasteiger partial charge in [-0.05, 0) is 18.6 Å². The summed E-state index contributed by atoms with van der Waals surface area (Å²) < 4.78 is 26.0. The predicted octanol–water partition coefficient (Wildman–Crippen LogP) is 0.574. The summed E-state index contributed by atoms with van der Waals surface area (Å²) in [5, 5.41) is 0. The zero-order valence-corrected chi connectivity index (χ0v) is 7.34. The third-order valence-electron chi connectivity index (χ3n) is 1.49. The van der Waals surface area contributed by atoms with Gasteiger partial charge in [0.1, 0.15) is 0 Å². The number of hydrogen-bond donors (Lipinski definition) is 1. The Kier molecular flexibility index (Phi) is 2.46. The number of benzene rings is 1. The van der Waals surface area contributed by atoms with Crippen LogP contribution in [0.5, 0.6) is 0 Å². The van der Waals surface area contributed by atoms with E-state index >= 15 is 0 Å². The first-order valence-corrected chi connectivity index (χ1v) is 4.68. The molecule has 4 nitrogen and oxygen atoms in total. The smallest absolute Gasteiger partial charge is 0.197 e.